The van der Waals surface area contributed by atoms with Crippen LogP contribution in [0.2, 0.25) is 5.02 Å². The van der Waals surface area contributed by atoms with Gasteiger partial charge < -0.3 is 9.47 Å². The molecule has 0 aliphatic rings. The Bertz CT molecular complexity index is 507. The van der Waals surface area contributed by atoms with Gasteiger partial charge in [-0.05, 0) is 12.1 Å². The molecule has 1 aromatic carbocycles. The van der Waals surface area contributed by atoms with Gasteiger partial charge in [-0.3, -0.25) is 4.79 Å². The van der Waals surface area contributed by atoms with Crippen LogP contribution in [0.5, 0.6) is 0 Å². The molecule has 0 N–H and O–H groups in total. The van der Waals surface area contributed by atoms with Crippen molar-refractivity contribution in [2.75, 3.05) is 7.11 Å². The van der Waals surface area contributed by atoms with E-state index in [1.54, 1.807) is 0 Å². The average molecular weight is 287 g/mol. The van der Waals surface area contributed by atoms with Crippen LogP contribution in [-0.4, -0.2) is 19.0 Å². The summed E-state index contributed by atoms with van der Waals surface area (Å²) in [4.78, 5) is 22.5. The van der Waals surface area contributed by atoms with Gasteiger partial charge in [-0.1, -0.05) is 24.2 Å². The van der Waals surface area contributed by atoms with E-state index in [0.29, 0.717) is 0 Å². The van der Waals surface area contributed by atoms with E-state index in [9.17, 15) is 14.0 Å². The Morgan fingerprint density at radius 1 is 1.42 bits per heavy atom. The van der Waals surface area contributed by atoms with Gasteiger partial charge in [0, 0.05) is 6.92 Å². The third-order valence-corrected chi connectivity index (χ3v) is 2.64. The number of hydrogen-bond donors (Lipinski definition) is 0. The van der Waals surface area contributed by atoms with Crippen molar-refractivity contribution < 1.29 is 23.5 Å². The molecular formula is C13H12ClFO4. The molecular weight excluding hydrogens is 275 g/mol. The van der Waals surface area contributed by atoms with Crippen molar-refractivity contribution in [1.82, 2.24) is 0 Å². The largest absolute Gasteiger partial charge is 0.466 e. The minimum absolute atomic E-state index is 0.0244. The molecule has 102 valence electrons. The third kappa shape index (κ3) is 3.54. The standard InChI is InChI=1S/C13H12ClFO4/c1-7(13(17)18-3)12(19-8(2)16)11-9(14)5-4-6-10(11)15/h4-6,12H,1H2,2-3H3. The summed E-state index contributed by atoms with van der Waals surface area (Å²) in [5, 5.41) is 0.0244. The maximum absolute atomic E-state index is 13.8. The van der Waals surface area contributed by atoms with E-state index in [1.807, 2.05) is 0 Å². The fourth-order valence-corrected chi connectivity index (χ4v) is 1.73. The summed E-state index contributed by atoms with van der Waals surface area (Å²) >= 11 is 5.88. The molecule has 0 aromatic heterocycles. The van der Waals surface area contributed by atoms with Crippen LogP contribution in [0.4, 0.5) is 4.39 Å². The van der Waals surface area contributed by atoms with E-state index in [1.165, 1.54) is 12.1 Å². The molecule has 0 bridgehead atoms. The lowest BCUT2D eigenvalue weighted by Crippen LogP contribution is -2.18. The fraction of sp³-hybridized carbons (Fsp3) is 0.231. The number of halogens is 2. The Hall–Kier alpha value is -1.88. The van der Waals surface area contributed by atoms with Gasteiger partial charge in [-0.25, -0.2) is 9.18 Å². The molecule has 0 radical (unpaired) electrons. The van der Waals surface area contributed by atoms with E-state index in [-0.39, 0.29) is 16.2 Å². The third-order valence-electron chi connectivity index (χ3n) is 2.31. The zero-order valence-electron chi connectivity index (χ0n) is 10.4. The zero-order valence-corrected chi connectivity index (χ0v) is 11.2. The maximum Gasteiger partial charge on any atom is 0.337 e. The molecule has 4 nitrogen and oxygen atoms in total. The molecule has 0 saturated carbocycles. The SMILES string of the molecule is C=C(C(=O)OC)C(OC(C)=O)c1c(F)cccc1Cl. The predicted octanol–water partition coefficient (Wildman–Crippen LogP) is 2.81. The molecule has 0 aliphatic heterocycles. The topological polar surface area (TPSA) is 52.6 Å². The van der Waals surface area contributed by atoms with Gasteiger partial charge >= 0.3 is 11.9 Å². The first-order chi connectivity index (χ1) is 8.88. The summed E-state index contributed by atoms with van der Waals surface area (Å²) in [6.45, 7) is 4.59. The van der Waals surface area contributed by atoms with Crippen molar-refractivity contribution >= 4 is 23.5 Å². The van der Waals surface area contributed by atoms with E-state index in [2.05, 4.69) is 11.3 Å². The van der Waals surface area contributed by atoms with Crippen LogP contribution in [0.15, 0.2) is 30.4 Å². The highest BCUT2D eigenvalue weighted by atomic mass is 35.5. The minimum atomic E-state index is -1.32. The second-order valence-corrected chi connectivity index (χ2v) is 4.05. The monoisotopic (exact) mass is 286 g/mol. The average Bonchev–Trinajstić information content (AvgIpc) is 2.35. The maximum atomic E-state index is 13.8. The van der Waals surface area contributed by atoms with E-state index in [0.717, 1.165) is 20.1 Å². The van der Waals surface area contributed by atoms with Crippen LogP contribution >= 0.6 is 11.6 Å². The van der Waals surface area contributed by atoms with Crippen LogP contribution < -0.4 is 0 Å². The van der Waals surface area contributed by atoms with Crippen LogP contribution in [0.3, 0.4) is 0 Å². The number of carbonyl (C=O) groups excluding carboxylic acids is 2. The van der Waals surface area contributed by atoms with Gasteiger partial charge in [0.25, 0.3) is 0 Å². The summed E-state index contributed by atoms with van der Waals surface area (Å²) in [6, 6.07) is 3.95. The Morgan fingerprint density at radius 2 is 2.05 bits per heavy atom. The van der Waals surface area contributed by atoms with Gasteiger partial charge in [0.2, 0.25) is 0 Å². The quantitative estimate of drug-likeness (QED) is 0.631. The summed E-state index contributed by atoms with van der Waals surface area (Å²) in [7, 11) is 1.14. The lowest BCUT2D eigenvalue weighted by Gasteiger charge is -2.20. The smallest absolute Gasteiger partial charge is 0.337 e. The molecule has 0 amide bonds. The Labute approximate surface area is 114 Å². The first-order valence-corrected chi connectivity index (χ1v) is 5.64. The van der Waals surface area contributed by atoms with Crippen LogP contribution in [-0.2, 0) is 19.1 Å². The summed E-state index contributed by atoms with van der Waals surface area (Å²) < 4.78 is 23.2. The molecule has 0 saturated heterocycles. The molecule has 6 heteroatoms. The minimum Gasteiger partial charge on any atom is -0.466 e. The zero-order chi connectivity index (χ0) is 14.6. The summed E-state index contributed by atoms with van der Waals surface area (Å²) in [5.74, 6) is -2.22. The number of ether oxygens (including phenoxy) is 2. The molecule has 1 unspecified atom stereocenters. The lowest BCUT2D eigenvalue weighted by molar-refractivity contribution is -0.147. The first-order valence-electron chi connectivity index (χ1n) is 5.26. The summed E-state index contributed by atoms with van der Waals surface area (Å²) in [5.41, 5.74) is -0.348. The van der Waals surface area contributed by atoms with Crippen LogP contribution in [0, 0.1) is 5.82 Å². The number of esters is 2. The van der Waals surface area contributed by atoms with Crippen molar-refractivity contribution in [1.29, 1.82) is 0 Å². The first kappa shape index (κ1) is 15.2. The highest BCUT2D eigenvalue weighted by Crippen LogP contribution is 2.33. The number of benzene rings is 1. The van der Waals surface area contributed by atoms with E-state index < -0.39 is 23.9 Å². The fourth-order valence-electron chi connectivity index (χ4n) is 1.47. The van der Waals surface area contributed by atoms with Crippen molar-refractivity contribution in [3.05, 3.63) is 46.8 Å². The second kappa shape index (κ2) is 6.33. The number of methoxy groups -OCH3 is 1. The van der Waals surface area contributed by atoms with Crippen LogP contribution in [0.25, 0.3) is 0 Å². The van der Waals surface area contributed by atoms with Gasteiger partial charge in [0.15, 0.2) is 6.10 Å². The lowest BCUT2D eigenvalue weighted by atomic mass is 10.0. The molecule has 0 heterocycles. The van der Waals surface area contributed by atoms with E-state index >= 15 is 0 Å². The molecule has 1 atom stereocenters. The van der Waals surface area contributed by atoms with E-state index in [4.69, 9.17) is 16.3 Å². The summed E-state index contributed by atoms with van der Waals surface area (Å²) in [6.07, 6.45) is -1.32. The normalized spacial score (nSPS) is 11.6. The van der Waals surface area contributed by atoms with Gasteiger partial charge in [0.05, 0.1) is 23.3 Å². The molecule has 0 spiro atoms. The number of rotatable bonds is 4. The van der Waals surface area contributed by atoms with Crippen molar-refractivity contribution in [2.24, 2.45) is 0 Å². The molecule has 0 aliphatic carbocycles. The Kier molecular flexibility index (Phi) is 5.06. The highest BCUT2D eigenvalue weighted by molar-refractivity contribution is 6.31. The van der Waals surface area contributed by atoms with Crippen molar-refractivity contribution in [3.63, 3.8) is 0 Å². The van der Waals surface area contributed by atoms with Crippen LogP contribution in [0.1, 0.15) is 18.6 Å². The van der Waals surface area contributed by atoms with Crippen molar-refractivity contribution in [3.8, 4) is 0 Å². The Morgan fingerprint density at radius 3 is 2.53 bits per heavy atom. The number of carbonyl (C=O) groups is 2. The number of hydrogen-bond acceptors (Lipinski definition) is 4. The van der Waals surface area contributed by atoms with Gasteiger partial charge in [-0.15, -0.1) is 0 Å². The van der Waals surface area contributed by atoms with Crippen molar-refractivity contribution in [2.45, 2.75) is 13.0 Å². The molecule has 1 rings (SSSR count). The van der Waals surface area contributed by atoms with Gasteiger partial charge in [0.1, 0.15) is 5.82 Å². The highest BCUT2D eigenvalue weighted by Gasteiger charge is 2.29. The Balaban J connectivity index is 3.28. The molecule has 19 heavy (non-hydrogen) atoms. The molecule has 0 fully saturated rings. The molecule has 1 aromatic rings. The van der Waals surface area contributed by atoms with Gasteiger partial charge in [-0.2, -0.15) is 0 Å². The predicted molar refractivity (Wildman–Crippen MR) is 67.1 cm³/mol. The second-order valence-electron chi connectivity index (χ2n) is 3.64.